The lowest BCUT2D eigenvalue weighted by molar-refractivity contribution is -0.0906. The molecular weight excluding hydrogens is 234 g/mol. The fraction of sp³-hybridized carbons (Fsp3) is 1.00. The normalized spacial score (nSPS) is 33.0. The van der Waals surface area contributed by atoms with Crippen LogP contribution in [0.2, 0.25) is 0 Å². The summed E-state index contributed by atoms with van der Waals surface area (Å²) in [5.74, 6) is 1.72. The molecule has 19 heavy (non-hydrogen) atoms. The van der Waals surface area contributed by atoms with E-state index in [9.17, 15) is 0 Å². The van der Waals surface area contributed by atoms with Crippen LogP contribution < -0.4 is 5.32 Å². The van der Waals surface area contributed by atoms with Gasteiger partial charge in [0.25, 0.3) is 0 Å². The van der Waals surface area contributed by atoms with Gasteiger partial charge < -0.3 is 10.1 Å². The number of nitrogens with one attached hydrogen (secondary N) is 1. The number of hydrogen-bond donors (Lipinski definition) is 1. The fourth-order valence-electron chi connectivity index (χ4n) is 4.84. The first-order chi connectivity index (χ1) is 9.27. The van der Waals surface area contributed by atoms with Gasteiger partial charge in [0.05, 0.1) is 5.60 Å². The SMILES string of the molecule is CCC1CCCCC1C(NC)C1(OC)CCCCC1. The molecule has 0 aromatic carbocycles. The lowest BCUT2D eigenvalue weighted by Crippen LogP contribution is -2.57. The highest BCUT2D eigenvalue weighted by molar-refractivity contribution is 5.00. The van der Waals surface area contributed by atoms with Gasteiger partial charge in [-0.15, -0.1) is 0 Å². The van der Waals surface area contributed by atoms with Crippen molar-refractivity contribution in [3.8, 4) is 0 Å². The zero-order chi connectivity index (χ0) is 13.7. The smallest absolute Gasteiger partial charge is 0.0833 e. The third kappa shape index (κ3) is 3.16. The summed E-state index contributed by atoms with van der Waals surface area (Å²) in [5.41, 5.74) is 0.114. The topological polar surface area (TPSA) is 21.3 Å². The Bertz CT molecular complexity index is 260. The van der Waals surface area contributed by atoms with Crippen LogP contribution in [0, 0.1) is 11.8 Å². The number of methoxy groups -OCH3 is 1. The van der Waals surface area contributed by atoms with Crippen molar-refractivity contribution in [3.63, 3.8) is 0 Å². The zero-order valence-corrected chi connectivity index (χ0v) is 13.2. The van der Waals surface area contributed by atoms with E-state index in [4.69, 9.17) is 4.74 Å². The number of rotatable bonds is 5. The van der Waals surface area contributed by atoms with E-state index in [1.807, 2.05) is 7.11 Å². The minimum absolute atomic E-state index is 0.114. The van der Waals surface area contributed by atoms with E-state index in [0.717, 1.165) is 11.8 Å². The van der Waals surface area contributed by atoms with Gasteiger partial charge in [-0.25, -0.2) is 0 Å². The van der Waals surface area contributed by atoms with E-state index in [-0.39, 0.29) is 5.60 Å². The first kappa shape index (κ1) is 15.3. The second-order valence-electron chi connectivity index (χ2n) is 6.71. The molecule has 1 N–H and O–H groups in total. The Morgan fingerprint density at radius 1 is 1.11 bits per heavy atom. The van der Waals surface area contributed by atoms with Gasteiger partial charge in [0.1, 0.15) is 0 Å². The Balaban J connectivity index is 2.15. The number of hydrogen-bond acceptors (Lipinski definition) is 2. The molecule has 2 rings (SSSR count). The molecule has 0 aliphatic heterocycles. The van der Waals surface area contributed by atoms with Gasteiger partial charge in [0, 0.05) is 13.2 Å². The van der Waals surface area contributed by atoms with E-state index >= 15 is 0 Å². The van der Waals surface area contributed by atoms with Crippen molar-refractivity contribution in [2.75, 3.05) is 14.2 Å². The Hall–Kier alpha value is -0.0800. The first-order valence-electron chi connectivity index (χ1n) is 8.50. The summed E-state index contributed by atoms with van der Waals surface area (Å²) in [6.07, 6.45) is 13.6. The van der Waals surface area contributed by atoms with Gasteiger partial charge in [0.15, 0.2) is 0 Å². The zero-order valence-electron chi connectivity index (χ0n) is 13.2. The molecule has 2 saturated carbocycles. The largest absolute Gasteiger partial charge is 0.377 e. The van der Waals surface area contributed by atoms with Crippen molar-refractivity contribution in [3.05, 3.63) is 0 Å². The Morgan fingerprint density at radius 3 is 2.37 bits per heavy atom. The maximum absolute atomic E-state index is 6.12. The highest BCUT2D eigenvalue weighted by Crippen LogP contribution is 2.43. The summed E-state index contributed by atoms with van der Waals surface area (Å²) >= 11 is 0. The standard InChI is InChI=1S/C17H33NO/c1-4-14-10-6-7-11-15(14)16(18-2)17(19-3)12-8-5-9-13-17/h14-16,18H,4-13H2,1-3H3. The van der Waals surface area contributed by atoms with E-state index < -0.39 is 0 Å². The summed E-state index contributed by atoms with van der Waals surface area (Å²) in [6, 6.07) is 0.558. The molecule has 2 heteroatoms. The summed E-state index contributed by atoms with van der Waals surface area (Å²) in [4.78, 5) is 0. The van der Waals surface area contributed by atoms with Gasteiger partial charge in [-0.1, -0.05) is 51.9 Å². The van der Waals surface area contributed by atoms with E-state index in [1.54, 1.807) is 0 Å². The summed E-state index contributed by atoms with van der Waals surface area (Å²) in [6.45, 7) is 2.37. The molecule has 0 aromatic heterocycles. The number of ether oxygens (including phenoxy) is 1. The molecule has 2 aliphatic rings. The molecule has 0 spiro atoms. The highest BCUT2D eigenvalue weighted by atomic mass is 16.5. The molecule has 0 heterocycles. The van der Waals surface area contributed by atoms with Crippen molar-refractivity contribution < 1.29 is 4.74 Å². The molecule has 3 atom stereocenters. The number of likely N-dealkylation sites (N-methyl/N-ethyl adjacent to an activating group) is 1. The van der Waals surface area contributed by atoms with Crippen LogP contribution in [0.15, 0.2) is 0 Å². The molecule has 0 radical (unpaired) electrons. The maximum Gasteiger partial charge on any atom is 0.0833 e. The van der Waals surface area contributed by atoms with Gasteiger partial charge in [-0.05, 0) is 38.1 Å². The monoisotopic (exact) mass is 267 g/mol. The van der Waals surface area contributed by atoms with Gasteiger partial charge in [-0.3, -0.25) is 0 Å². The molecule has 0 saturated heterocycles. The average Bonchev–Trinajstić information content (AvgIpc) is 2.49. The summed E-state index contributed by atoms with van der Waals surface area (Å²) in [7, 11) is 4.10. The molecule has 0 aromatic rings. The van der Waals surface area contributed by atoms with Crippen molar-refractivity contribution in [1.82, 2.24) is 5.32 Å². The second-order valence-corrected chi connectivity index (χ2v) is 6.71. The Kier molecular flexibility index (Phi) is 5.70. The fourth-order valence-corrected chi connectivity index (χ4v) is 4.84. The van der Waals surface area contributed by atoms with Crippen LogP contribution in [0.4, 0.5) is 0 Å². The molecule has 2 fully saturated rings. The first-order valence-corrected chi connectivity index (χ1v) is 8.50. The van der Waals surface area contributed by atoms with E-state index in [1.165, 1.54) is 64.2 Å². The van der Waals surface area contributed by atoms with Crippen LogP contribution in [-0.4, -0.2) is 25.8 Å². The van der Waals surface area contributed by atoms with Crippen LogP contribution >= 0.6 is 0 Å². The summed E-state index contributed by atoms with van der Waals surface area (Å²) in [5, 5.41) is 3.67. The molecular formula is C17H33NO. The molecule has 0 bridgehead atoms. The minimum atomic E-state index is 0.114. The van der Waals surface area contributed by atoms with Crippen LogP contribution in [-0.2, 0) is 4.74 Å². The predicted molar refractivity (Wildman–Crippen MR) is 81.4 cm³/mol. The maximum atomic E-state index is 6.12. The highest BCUT2D eigenvalue weighted by Gasteiger charge is 2.45. The van der Waals surface area contributed by atoms with Crippen LogP contribution in [0.3, 0.4) is 0 Å². The lowest BCUT2D eigenvalue weighted by atomic mass is 9.66. The molecule has 112 valence electrons. The van der Waals surface area contributed by atoms with Crippen molar-refractivity contribution in [1.29, 1.82) is 0 Å². The third-order valence-electron chi connectivity index (χ3n) is 5.90. The van der Waals surface area contributed by atoms with Gasteiger partial charge >= 0.3 is 0 Å². The Labute approximate surface area is 119 Å². The minimum Gasteiger partial charge on any atom is -0.377 e. The molecule has 2 aliphatic carbocycles. The van der Waals surface area contributed by atoms with Gasteiger partial charge in [0.2, 0.25) is 0 Å². The molecule has 3 unspecified atom stereocenters. The quantitative estimate of drug-likeness (QED) is 0.808. The van der Waals surface area contributed by atoms with Gasteiger partial charge in [-0.2, -0.15) is 0 Å². The van der Waals surface area contributed by atoms with Crippen LogP contribution in [0.5, 0.6) is 0 Å². The second kappa shape index (κ2) is 7.08. The third-order valence-corrected chi connectivity index (χ3v) is 5.90. The van der Waals surface area contributed by atoms with Crippen molar-refractivity contribution in [2.45, 2.75) is 82.8 Å². The van der Waals surface area contributed by atoms with E-state index in [0.29, 0.717) is 6.04 Å². The summed E-state index contributed by atoms with van der Waals surface area (Å²) < 4.78 is 6.12. The molecule has 0 amide bonds. The average molecular weight is 267 g/mol. The van der Waals surface area contributed by atoms with Crippen LogP contribution in [0.25, 0.3) is 0 Å². The Morgan fingerprint density at radius 2 is 1.79 bits per heavy atom. The van der Waals surface area contributed by atoms with Crippen molar-refractivity contribution in [2.24, 2.45) is 11.8 Å². The predicted octanol–water partition coefficient (Wildman–Crippen LogP) is 4.14. The van der Waals surface area contributed by atoms with E-state index in [2.05, 4.69) is 19.3 Å². The molecule has 2 nitrogen and oxygen atoms in total. The van der Waals surface area contributed by atoms with Crippen molar-refractivity contribution >= 4 is 0 Å². The lowest BCUT2D eigenvalue weighted by Gasteiger charge is -2.49. The van der Waals surface area contributed by atoms with Crippen LogP contribution in [0.1, 0.15) is 71.1 Å².